The molecule has 0 aliphatic carbocycles. The molecule has 6 heteroatoms. The van der Waals surface area contributed by atoms with Crippen LogP contribution < -0.4 is 4.74 Å². The van der Waals surface area contributed by atoms with Gasteiger partial charge in [-0.25, -0.2) is 4.98 Å². The van der Waals surface area contributed by atoms with Gasteiger partial charge in [0.2, 0.25) is 0 Å². The average molecular weight is 394 g/mol. The molecule has 4 rings (SSSR count). The maximum atomic E-state index is 10.6. The second-order valence-corrected chi connectivity index (χ2v) is 8.87. The van der Waals surface area contributed by atoms with Crippen LogP contribution in [0.1, 0.15) is 31.3 Å². The Balaban J connectivity index is 1.59. The lowest BCUT2D eigenvalue weighted by Gasteiger charge is -2.25. The summed E-state index contributed by atoms with van der Waals surface area (Å²) in [5.41, 5.74) is 2.09. The van der Waals surface area contributed by atoms with Crippen molar-refractivity contribution in [1.29, 1.82) is 5.41 Å². The first-order valence-corrected chi connectivity index (χ1v) is 10.0. The number of hydrogen-bond acceptors (Lipinski definition) is 5. The lowest BCUT2D eigenvalue weighted by atomic mass is 10.1. The molecule has 0 bridgehead atoms. The van der Waals surface area contributed by atoms with Crippen molar-refractivity contribution in [2.75, 3.05) is 6.54 Å². The Bertz CT molecular complexity index is 1050. The molecule has 0 saturated carbocycles. The molecule has 1 aliphatic heterocycles. The Morgan fingerprint density at radius 1 is 1.14 bits per heavy atom. The summed E-state index contributed by atoms with van der Waals surface area (Å²) in [6.45, 7) is 6.83. The van der Waals surface area contributed by atoms with Gasteiger partial charge in [0.1, 0.15) is 28.0 Å². The number of thiazole rings is 1. The predicted molar refractivity (Wildman–Crippen MR) is 114 cm³/mol. The summed E-state index contributed by atoms with van der Waals surface area (Å²) in [5.74, 6) is 1.29. The van der Waals surface area contributed by atoms with Gasteiger partial charge < -0.3 is 14.7 Å². The molecule has 5 nitrogen and oxygen atoms in total. The second kappa shape index (κ2) is 6.95. The fourth-order valence-electron chi connectivity index (χ4n) is 3.24. The number of aromatic nitrogens is 1. The highest BCUT2D eigenvalue weighted by molar-refractivity contribution is 7.19. The van der Waals surface area contributed by atoms with Crippen LogP contribution in [0, 0.1) is 5.41 Å². The summed E-state index contributed by atoms with van der Waals surface area (Å²) < 4.78 is 7.12. The van der Waals surface area contributed by atoms with E-state index >= 15 is 0 Å². The largest absolute Gasteiger partial charge is 0.510 e. The van der Waals surface area contributed by atoms with Crippen LogP contribution in [0.2, 0.25) is 0 Å². The second-order valence-electron chi connectivity index (χ2n) is 7.84. The van der Waals surface area contributed by atoms with E-state index in [9.17, 15) is 5.11 Å². The van der Waals surface area contributed by atoms with Crippen LogP contribution in [0.5, 0.6) is 5.75 Å². The van der Waals surface area contributed by atoms with Crippen molar-refractivity contribution in [1.82, 2.24) is 9.88 Å². The number of nitrogens with one attached hydrogen (secondary N) is 1. The Morgan fingerprint density at radius 3 is 2.61 bits per heavy atom. The zero-order valence-electron chi connectivity index (χ0n) is 16.2. The van der Waals surface area contributed by atoms with E-state index in [4.69, 9.17) is 10.1 Å². The Kier molecular flexibility index (Phi) is 4.59. The molecule has 1 aliphatic rings. The molecule has 0 unspecified atom stereocenters. The van der Waals surface area contributed by atoms with Gasteiger partial charge in [-0.1, -0.05) is 30.3 Å². The van der Waals surface area contributed by atoms with Gasteiger partial charge in [0, 0.05) is 12.1 Å². The Morgan fingerprint density at radius 2 is 1.86 bits per heavy atom. The van der Waals surface area contributed by atoms with E-state index in [0.717, 1.165) is 21.5 Å². The van der Waals surface area contributed by atoms with Crippen molar-refractivity contribution in [3.8, 4) is 5.75 Å². The summed E-state index contributed by atoms with van der Waals surface area (Å²) in [7, 11) is 0. The highest BCUT2D eigenvalue weighted by atomic mass is 32.1. The first kappa shape index (κ1) is 18.5. The molecule has 144 valence electrons. The van der Waals surface area contributed by atoms with E-state index in [0.29, 0.717) is 29.5 Å². The van der Waals surface area contributed by atoms with Crippen molar-refractivity contribution in [3.05, 3.63) is 64.9 Å². The summed E-state index contributed by atoms with van der Waals surface area (Å²) >= 11 is 1.50. The van der Waals surface area contributed by atoms with Crippen LogP contribution in [-0.4, -0.2) is 33.0 Å². The van der Waals surface area contributed by atoms with Crippen LogP contribution in [0.25, 0.3) is 15.8 Å². The lowest BCUT2D eigenvalue weighted by Crippen LogP contribution is -2.28. The smallest absolute Gasteiger partial charge is 0.135 e. The standard InChI is InChI=1S/C22H23N3O2S/c1-22(2,3)27-17-10-6-4-8-14(17)12-25-13-16(26)19(20(25)23)21-24-15-9-5-7-11-18(15)28-21/h4-11,23,26H,12-13H2,1-3H3. The van der Waals surface area contributed by atoms with Crippen molar-refractivity contribution in [2.24, 2.45) is 0 Å². The van der Waals surface area contributed by atoms with Gasteiger partial charge in [-0.05, 0) is 39.0 Å². The minimum atomic E-state index is -0.304. The number of ether oxygens (including phenoxy) is 1. The van der Waals surface area contributed by atoms with Gasteiger partial charge in [-0.15, -0.1) is 11.3 Å². The minimum absolute atomic E-state index is 0.193. The fraction of sp³-hybridized carbons (Fsp3) is 0.273. The van der Waals surface area contributed by atoms with E-state index in [1.165, 1.54) is 11.3 Å². The highest BCUT2D eigenvalue weighted by Crippen LogP contribution is 2.34. The normalized spacial score (nSPS) is 15.0. The monoisotopic (exact) mass is 393 g/mol. The van der Waals surface area contributed by atoms with E-state index in [2.05, 4.69) is 4.98 Å². The van der Waals surface area contributed by atoms with Gasteiger partial charge in [-0.3, -0.25) is 5.41 Å². The topological polar surface area (TPSA) is 69.4 Å². The third-order valence-electron chi connectivity index (χ3n) is 4.44. The number of aliphatic hydroxyl groups excluding tert-OH is 1. The lowest BCUT2D eigenvalue weighted by molar-refractivity contribution is 0.128. The van der Waals surface area contributed by atoms with Crippen LogP contribution in [0.3, 0.4) is 0 Å². The average Bonchev–Trinajstić information content (AvgIpc) is 3.16. The van der Waals surface area contributed by atoms with Gasteiger partial charge in [0.15, 0.2) is 0 Å². The molecule has 2 aromatic carbocycles. The molecule has 2 N–H and O–H groups in total. The maximum absolute atomic E-state index is 10.6. The van der Waals surface area contributed by atoms with Gasteiger partial charge in [-0.2, -0.15) is 0 Å². The Hall–Kier alpha value is -2.86. The van der Waals surface area contributed by atoms with E-state index < -0.39 is 0 Å². The van der Waals surface area contributed by atoms with E-state index in [1.54, 1.807) is 0 Å². The summed E-state index contributed by atoms with van der Waals surface area (Å²) in [6.07, 6.45) is 0. The third-order valence-corrected chi connectivity index (χ3v) is 5.49. The van der Waals surface area contributed by atoms with Crippen LogP contribution in [0.4, 0.5) is 0 Å². The van der Waals surface area contributed by atoms with Crippen LogP contribution >= 0.6 is 11.3 Å². The van der Waals surface area contributed by atoms with E-state index in [1.807, 2.05) is 74.2 Å². The molecule has 0 amide bonds. The first-order valence-electron chi connectivity index (χ1n) is 9.21. The molecule has 0 fully saturated rings. The third kappa shape index (κ3) is 3.60. The molecule has 2 heterocycles. The molecule has 0 radical (unpaired) electrons. The quantitative estimate of drug-likeness (QED) is 0.636. The fourth-order valence-corrected chi connectivity index (χ4v) is 4.28. The number of para-hydroxylation sites is 2. The van der Waals surface area contributed by atoms with Crippen LogP contribution in [-0.2, 0) is 6.54 Å². The minimum Gasteiger partial charge on any atom is -0.510 e. The molecule has 0 spiro atoms. The first-order chi connectivity index (χ1) is 13.3. The van der Waals surface area contributed by atoms with Crippen molar-refractivity contribution in [2.45, 2.75) is 32.9 Å². The summed E-state index contributed by atoms with van der Waals surface area (Å²) in [4.78, 5) is 6.46. The van der Waals surface area contributed by atoms with Crippen molar-refractivity contribution in [3.63, 3.8) is 0 Å². The Labute approximate surface area is 168 Å². The predicted octanol–water partition coefficient (Wildman–Crippen LogP) is 5.24. The van der Waals surface area contributed by atoms with E-state index in [-0.39, 0.29) is 11.4 Å². The van der Waals surface area contributed by atoms with Gasteiger partial charge in [0.25, 0.3) is 0 Å². The number of hydrogen-bond donors (Lipinski definition) is 2. The molecule has 3 aromatic rings. The molecular formula is C22H23N3O2S. The zero-order valence-corrected chi connectivity index (χ0v) is 17.0. The molecule has 0 atom stereocenters. The summed E-state index contributed by atoms with van der Waals surface area (Å²) in [5, 5.41) is 19.9. The maximum Gasteiger partial charge on any atom is 0.135 e. The van der Waals surface area contributed by atoms with Crippen molar-refractivity contribution < 1.29 is 9.84 Å². The summed E-state index contributed by atoms with van der Waals surface area (Å²) in [6, 6.07) is 15.7. The highest BCUT2D eigenvalue weighted by Gasteiger charge is 2.31. The van der Waals surface area contributed by atoms with Crippen LogP contribution in [0.15, 0.2) is 54.3 Å². The molecular weight excluding hydrogens is 370 g/mol. The number of nitrogens with zero attached hydrogens (tertiary/aromatic N) is 2. The SMILES string of the molecule is CC(C)(C)Oc1ccccc1CN1CC(O)=C(c2nc3ccccc3s2)C1=N. The molecule has 28 heavy (non-hydrogen) atoms. The van der Waals surface area contributed by atoms with Gasteiger partial charge >= 0.3 is 0 Å². The number of fused-ring (bicyclic) bond motifs is 1. The van der Waals surface area contributed by atoms with Crippen molar-refractivity contribution >= 4 is 33.0 Å². The number of rotatable bonds is 4. The number of amidine groups is 1. The number of benzene rings is 2. The molecule has 0 saturated heterocycles. The van der Waals surface area contributed by atoms with Gasteiger partial charge in [0.05, 0.1) is 22.3 Å². The zero-order chi connectivity index (χ0) is 19.9. The number of aliphatic hydroxyl groups is 1. The molecule has 1 aromatic heterocycles.